The zero-order valence-electron chi connectivity index (χ0n) is 25.1. The van der Waals surface area contributed by atoms with Gasteiger partial charge in [0, 0.05) is 36.8 Å². The first-order chi connectivity index (χ1) is 22.4. The Bertz CT molecular complexity index is 1930. The molecule has 1 unspecified atom stereocenters. The van der Waals surface area contributed by atoms with Crippen LogP contribution in [0.15, 0.2) is 82.4 Å². The topological polar surface area (TPSA) is 123 Å². The Kier molecular flexibility index (Phi) is 8.64. The molecule has 0 saturated carbocycles. The molecule has 246 valence electrons. The van der Waals surface area contributed by atoms with Gasteiger partial charge < -0.3 is 20.4 Å². The van der Waals surface area contributed by atoms with Gasteiger partial charge >= 0.3 is 11.9 Å². The molecule has 0 amide bonds. The predicted molar refractivity (Wildman–Crippen MR) is 161 cm³/mol. The number of carbonyl (C=O) groups is 1. The van der Waals surface area contributed by atoms with Crippen LogP contribution in [0.1, 0.15) is 62.8 Å². The lowest BCUT2D eigenvalue weighted by atomic mass is 9.85. The van der Waals surface area contributed by atoms with Crippen molar-refractivity contribution in [1.29, 1.82) is 0 Å². The largest absolute Gasteiger partial charge is 0.545 e. The number of nitrogens with two attached hydrogens (primary N) is 1. The summed E-state index contributed by atoms with van der Waals surface area (Å²) in [7, 11) is 0. The number of halogens is 4. The van der Waals surface area contributed by atoms with Crippen LogP contribution in [0.5, 0.6) is 0 Å². The van der Waals surface area contributed by atoms with E-state index in [1.54, 1.807) is 48.5 Å². The van der Waals surface area contributed by atoms with Gasteiger partial charge in [-0.2, -0.15) is 13.2 Å². The van der Waals surface area contributed by atoms with E-state index in [2.05, 4.69) is 0 Å². The number of carbonyl (C=O) groups excluding carboxylic acids is 1. The molecule has 4 aromatic rings. The summed E-state index contributed by atoms with van der Waals surface area (Å²) in [6.07, 6.45) is -4.34. The van der Waals surface area contributed by atoms with Gasteiger partial charge in [0.25, 0.3) is 5.56 Å². The number of nitrogens with zero attached hydrogens (tertiary/aromatic N) is 3. The summed E-state index contributed by atoms with van der Waals surface area (Å²) < 4.78 is 65.1. The number of fused-ring (bicyclic) bond motifs is 2. The first kappa shape index (κ1) is 32.4. The molecule has 2 N–H and O–H groups in total. The molecule has 3 heterocycles. The van der Waals surface area contributed by atoms with Crippen LogP contribution in [0.3, 0.4) is 0 Å². The standard InChI is InChI=1S/C34H32F4N4O5/c35-26-12-6-11-25(34(36,37)38)24(26)18-41-28-20-47-33(13-15-40(16-14-33)17-22-9-4-5-10-23(22)31(44)45)29(28)30(43)42(32(41)46)19-27(39)21-7-2-1-3-8-21/h1-12,27H,13-20,39H2,(H,44,45)/p-1. The van der Waals surface area contributed by atoms with Crippen LogP contribution in [0.25, 0.3) is 0 Å². The number of hydrogen-bond donors (Lipinski definition) is 1. The highest BCUT2D eigenvalue weighted by Gasteiger charge is 2.47. The second-order valence-corrected chi connectivity index (χ2v) is 11.9. The number of aromatic carboxylic acids is 1. The van der Waals surface area contributed by atoms with E-state index in [1.165, 1.54) is 6.07 Å². The van der Waals surface area contributed by atoms with Crippen LogP contribution in [0, 0.1) is 5.82 Å². The lowest BCUT2D eigenvalue weighted by Gasteiger charge is -2.39. The number of carboxylic acids is 1. The molecule has 9 nitrogen and oxygen atoms in total. The van der Waals surface area contributed by atoms with Crippen molar-refractivity contribution < 1.29 is 32.2 Å². The molecular weight excluding hydrogens is 620 g/mol. The van der Waals surface area contributed by atoms with Gasteiger partial charge in [-0.05, 0) is 36.1 Å². The Hall–Kier alpha value is -4.59. The predicted octanol–water partition coefficient (Wildman–Crippen LogP) is 3.30. The normalized spacial score (nSPS) is 16.7. The Balaban J connectivity index is 1.41. The van der Waals surface area contributed by atoms with Crippen LogP contribution in [-0.4, -0.2) is 33.1 Å². The van der Waals surface area contributed by atoms with Gasteiger partial charge in [0.05, 0.1) is 42.5 Å². The summed E-state index contributed by atoms with van der Waals surface area (Å²) in [4.78, 5) is 41.8. The van der Waals surface area contributed by atoms with E-state index in [0.29, 0.717) is 30.8 Å². The van der Waals surface area contributed by atoms with Gasteiger partial charge in [0.1, 0.15) is 11.4 Å². The number of ether oxygens (including phenoxy) is 1. The van der Waals surface area contributed by atoms with E-state index in [-0.39, 0.29) is 42.8 Å². The van der Waals surface area contributed by atoms with E-state index in [1.807, 2.05) is 4.90 Å². The summed E-state index contributed by atoms with van der Waals surface area (Å²) in [5.74, 6) is -2.43. The third kappa shape index (κ3) is 6.13. The number of likely N-dealkylation sites (tertiary alicyclic amines) is 1. The van der Waals surface area contributed by atoms with Gasteiger partial charge in [-0.1, -0.05) is 60.7 Å². The molecule has 1 atom stereocenters. The minimum absolute atomic E-state index is 0.0725. The number of hydrogen-bond acceptors (Lipinski definition) is 7. The molecule has 0 aliphatic carbocycles. The molecule has 0 bridgehead atoms. The van der Waals surface area contributed by atoms with Gasteiger partial charge in [-0.15, -0.1) is 0 Å². The Labute approximate surface area is 266 Å². The number of piperidine rings is 1. The van der Waals surface area contributed by atoms with E-state index in [9.17, 15) is 32.7 Å². The first-order valence-electron chi connectivity index (χ1n) is 15.1. The zero-order valence-corrected chi connectivity index (χ0v) is 25.1. The van der Waals surface area contributed by atoms with Crippen molar-refractivity contribution >= 4 is 5.97 Å². The highest BCUT2D eigenvalue weighted by molar-refractivity contribution is 5.87. The highest BCUT2D eigenvalue weighted by Crippen LogP contribution is 2.43. The molecule has 1 saturated heterocycles. The highest BCUT2D eigenvalue weighted by atomic mass is 19.4. The molecular formula is C34H31F4N4O5-. The fourth-order valence-corrected chi connectivity index (χ4v) is 6.66. The van der Waals surface area contributed by atoms with Crippen LogP contribution >= 0.6 is 0 Å². The molecule has 0 radical (unpaired) electrons. The molecule has 1 aromatic heterocycles. The SMILES string of the molecule is NC(Cn1c(=O)c2c(n(Cc3c(F)cccc3C(F)(F)F)c1=O)COC21CCN(Cc2ccccc2C(=O)[O-])CC1)c1ccccc1. The molecule has 13 heteroatoms. The number of alkyl halides is 3. The minimum Gasteiger partial charge on any atom is -0.545 e. The maximum absolute atomic E-state index is 15.0. The Morgan fingerprint density at radius 3 is 2.30 bits per heavy atom. The van der Waals surface area contributed by atoms with E-state index < -0.39 is 58.5 Å². The zero-order chi connectivity index (χ0) is 33.5. The second kappa shape index (κ2) is 12.5. The maximum Gasteiger partial charge on any atom is 0.416 e. The molecule has 47 heavy (non-hydrogen) atoms. The third-order valence-electron chi connectivity index (χ3n) is 9.12. The molecule has 2 aliphatic rings. The number of rotatable bonds is 8. The second-order valence-electron chi connectivity index (χ2n) is 11.9. The summed E-state index contributed by atoms with van der Waals surface area (Å²) in [5, 5.41) is 11.6. The van der Waals surface area contributed by atoms with Gasteiger partial charge in [-0.25, -0.2) is 9.18 Å². The van der Waals surface area contributed by atoms with E-state index in [0.717, 1.165) is 27.3 Å². The summed E-state index contributed by atoms with van der Waals surface area (Å²) >= 11 is 0. The lowest BCUT2D eigenvalue weighted by Crippen LogP contribution is -2.49. The molecule has 6 rings (SSSR count). The van der Waals surface area contributed by atoms with Crippen molar-refractivity contribution in [3.63, 3.8) is 0 Å². The van der Waals surface area contributed by atoms with Crippen LogP contribution in [0.2, 0.25) is 0 Å². The number of benzene rings is 3. The van der Waals surface area contributed by atoms with Crippen molar-refractivity contribution in [2.24, 2.45) is 5.73 Å². The van der Waals surface area contributed by atoms with Crippen LogP contribution in [0.4, 0.5) is 17.6 Å². The van der Waals surface area contributed by atoms with Crippen LogP contribution in [-0.2, 0) is 42.8 Å². The van der Waals surface area contributed by atoms with Crippen LogP contribution < -0.4 is 22.1 Å². The first-order valence-corrected chi connectivity index (χ1v) is 15.1. The fraction of sp³-hybridized carbons (Fsp3) is 0.324. The lowest BCUT2D eigenvalue weighted by molar-refractivity contribution is -0.255. The van der Waals surface area contributed by atoms with E-state index >= 15 is 4.39 Å². The average molecular weight is 652 g/mol. The average Bonchev–Trinajstić information content (AvgIpc) is 3.41. The monoisotopic (exact) mass is 651 g/mol. The molecule has 2 aliphatic heterocycles. The van der Waals surface area contributed by atoms with E-state index in [4.69, 9.17) is 10.5 Å². The van der Waals surface area contributed by atoms with Crippen molar-refractivity contribution in [1.82, 2.24) is 14.0 Å². The van der Waals surface area contributed by atoms with Gasteiger partial charge in [0.2, 0.25) is 0 Å². The summed E-state index contributed by atoms with van der Waals surface area (Å²) in [5.41, 5.74) is 3.20. The van der Waals surface area contributed by atoms with Gasteiger partial charge in [-0.3, -0.25) is 18.8 Å². The number of carboxylic acid groups (broad SMARTS) is 1. The maximum atomic E-state index is 15.0. The summed E-state index contributed by atoms with van der Waals surface area (Å²) in [6.45, 7) is -0.233. The van der Waals surface area contributed by atoms with Crippen molar-refractivity contribution in [2.75, 3.05) is 13.1 Å². The molecule has 1 fully saturated rings. The fourth-order valence-electron chi connectivity index (χ4n) is 6.66. The van der Waals surface area contributed by atoms with Gasteiger partial charge in [0.15, 0.2) is 0 Å². The smallest absolute Gasteiger partial charge is 0.416 e. The number of aromatic nitrogens is 2. The van der Waals surface area contributed by atoms with Crippen molar-refractivity contribution in [2.45, 2.75) is 56.9 Å². The van der Waals surface area contributed by atoms with Crippen molar-refractivity contribution in [3.05, 3.63) is 139 Å². The Morgan fingerprint density at radius 2 is 1.62 bits per heavy atom. The van der Waals surface area contributed by atoms with Crippen molar-refractivity contribution in [3.8, 4) is 0 Å². The Morgan fingerprint density at radius 1 is 0.936 bits per heavy atom. The quantitative estimate of drug-likeness (QED) is 0.290. The molecule has 1 spiro atoms. The minimum atomic E-state index is -4.89. The third-order valence-corrected chi connectivity index (χ3v) is 9.12. The summed E-state index contributed by atoms with van der Waals surface area (Å²) in [6, 6.07) is 17.0. The molecule has 3 aromatic carbocycles.